The lowest BCUT2D eigenvalue weighted by molar-refractivity contribution is 0.0808. The molecule has 0 aliphatic heterocycles. The average molecular weight is 235 g/mol. The van der Waals surface area contributed by atoms with Crippen LogP contribution >= 0.6 is 11.3 Å². The first-order valence-corrected chi connectivity index (χ1v) is 5.85. The fourth-order valence-electron chi connectivity index (χ4n) is 1.42. The maximum absolute atomic E-state index is 12.0. The van der Waals surface area contributed by atoms with Gasteiger partial charge in [0.05, 0.1) is 10.4 Å². The van der Waals surface area contributed by atoms with Crippen molar-refractivity contribution in [3.05, 3.63) is 23.2 Å². The van der Waals surface area contributed by atoms with Gasteiger partial charge in [0.1, 0.15) is 10.4 Å². The van der Waals surface area contributed by atoms with Crippen LogP contribution in [0.15, 0.2) is 18.3 Å². The Morgan fingerprint density at radius 1 is 1.62 bits per heavy atom. The first-order chi connectivity index (χ1) is 7.65. The summed E-state index contributed by atoms with van der Waals surface area (Å²) in [6.07, 6.45) is 1.68. The van der Waals surface area contributed by atoms with Crippen molar-refractivity contribution in [3.63, 3.8) is 0 Å². The van der Waals surface area contributed by atoms with Crippen LogP contribution in [-0.2, 0) is 0 Å². The number of nitrogens with zero attached hydrogens (tertiary/aromatic N) is 2. The normalized spacial score (nSPS) is 10.6. The van der Waals surface area contributed by atoms with E-state index in [1.54, 1.807) is 18.1 Å². The summed E-state index contributed by atoms with van der Waals surface area (Å²) in [4.78, 5) is 18.4. The van der Waals surface area contributed by atoms with Crippen LogP contribution in [-0.4, -0.2) is 29.4 Å². The van der Waals surface area contributed by atoms with E-state index in [2.05, 4.69) is 4.98 Å². The fraction of sp³-hybridized carbons (Fsp3) is 0.273. The Hall–Kier alpha value is -1.62. The molecule has 1 amide bonds. The maximum atomic E-state index is 12.0. The minimum absolute atomic E-state index is 0.0389. The summed E-state index contributed by atoms with van der Waals surface area (Å²) >= 11 is 1.40. The Morgan fingerprint density at radius 3 is 3.00 bits per heavy atom. The number of anilines is 1. The SMILES string of the molecule is CCN(C)C(=O)c1sc2cccnc2c1N. The van der Waals surface area contributed by atoms with Crippen molar-refractivity contribution in [2.75, 3.05) is 19.3 Å². The summed E-state index contributed by atoms with van der Waals surface area (Å²) in [6, 6.07) is 3.77. The number of carbonyl (C=O) groups excluding carboxylic acids is 1. The van der Waals surface area contributed by atoms with E-state index in [9.17, 15) is 4.79 Å². The zero-order valence-electron chi connectivity index (χ0n) is 9.23. The molecule has 2 aromatic rings. The Morgan fingerprint density at radius 2 is 2.38 bits per heavy atom. The zero-order chi connectivity index (χ0) is 11.7. The highest BCUT2D eigenvalue weighted by molar-refractivity contribution is 7.21. The highest BCUT2D eigenvalue weighted by atomic mass is 32.1. The van der Waals surface area contributed by atoms with Crippen LogP contribution in [0.4, 0.5) is 5.69 Å². The van der Waals surface area contributed by atoms with E-state index in [4.69, 9.17) is 5.73 Å². The van der Waals surface area contributed by atoms with Crippen molar-refractivity contribution in [2.24, 2.45) is 0 Å². The van der Waals surface area contributed by atoms with E-state index in [0.29, 0.717) is 17.1 Å². The molecule has 0 aliphatic rings. The van der Waals surface area contributed by atoms with Crippen molar-refractivity contribution in [2.45, 2.75) is 6.92 Å². The number of nitrogen functional groups attached to an aromatic ring is 1. The fourth-order valence-corrected chi connectivity index (χ4v) is 2.50. The molecule has 0 saturated carbocycles. The van der Waals surface area contributed by atoms with E-state index >= 15 is 0 Å². The molecular formula is C11H13N3OS. The first-order valence-electron chi connectivity index (χ1n) is 5.03. The van der Waals surface area contributed by atoms with E-state index < -0.39 is 0 Å². The van der Waals surface area contributed by atoms with Crippen LogP contribution in [0, 0.1) is 0 Å². The summed E-state index contributed by atoms with van der Waals surface area (Å²) in [5.74, 6) is -0.0389. The Labute approximate surface area is 97.7 Å². The number of fused-ring (bicyclic) bond motifs is 1. The van der Waals surface area contributed by atoms with Gasteiger partial charge in [-0.1, -0.05) is 0 Å². The van der Waals surface area contributed by atoms with E-state index in [1.807, 2.05) is 19.1 Å². The van der Waals surface area contributed by atoms with Crippen molar-refractivity contribution >= 4 is 33.1 Å². The third kappa shape index (κ3) is 1.63. The molecule has 0 unspecified atom stereocenters. The lowest BCUT2D eigenvalue weighted by Crippen LogP contribution is -2.26. The molecule has 5 heteroatoms. The minimum Gasteiger partial charge on any atom is -0.396 e. The second kappa shape index (κ2) is 4.09. The molecule has 0 aliphatic carbocycles. The van der Waals surface area contributed by atoms with Gasteiger partial charge in [-0.2, -0.15) is 0 Å². The Bertz CT molecular complexity index is 535. The highest BCUT2D eigenvalue weighted by Crippen LogP contribution is 2.32. The summed E-state index contributed by atoms with van der Waals surface area (Å²) in [5, 5.41) is 0. The topological polar surface area (TPSA) is 59.2 Å². The van der Waals surface area contributed by atoms with Crippen molar-refractivity contribution < 1.29 is 4.79 Å². The quantitative estimate of drug-likeness (QED) is 0.865. The molecule has 2 rings (SSSR count). The molecule has 0 spiro atoms. The Balaban J connectivity index is 2.53. The van der Waals surface area contributed by atoms with E-state index in [1.165, 1.54) is 11.3 Å². The average Bonchev–Trinajstić information content (AvgIpc) is 2.65. The van der Waals surface area contributed by atoms with Crippen molar-refractivity contribution in [1.82, 2.24) is 9.88 Å². The summed E-state index contributed by atoms with van der Waals surface area (Å²) in [5.41, 5.74) is 7.15. The maximum Gasteiger partial charge on any atom is 0.265 e. The number of thiophene rings is 1. The molecule has 0 bridgehead atoms. The molecule has 0 radical (unpaired) electrons. The lowest BCUT2D eigenvalue weighted by atomic mass is 10.3. The van der Waals surface area contributed by atoms with Crippen molar-refractivity contribution in [1.29, 1.82) is 0 Å². The molecule has 0 atom stereocenters. The van der Waals surface area contributed by atoms with Gasteiger partial charge in [-0.25, -0.2) is 0 Å². The lowest BCUT2D eigenvalue weighted by Gasteiger charge is -2.13. The molecule has 16 heavy (non-hydrogen) atoms. The van der Waals surface area contributed by atoms with Gasteiger partial charge in [-0.15, -0.1) is 11.3 Å². The van der Waals surface area contributed by atoms with Gasteiger partial charge in [0.2, 0.25) is 0 Å². The molecular weight excluding hydrogens is 222 g/mol. The zero-order valence-corrected chi connectivity index (χ0v) is 10.0. The number of rotatable bonds is 2. The largest absolute Gasteiger partial charge is 0.396 e. The number of pyridine rings is 1. The number of hydrogen-bond acceptors (Lipinski definition) is 4. The minimum atomic E-state index is -0.0389. The predicted molar refractivity (Wildman–Crippen MR) is 66.7 cm³/mol. The van der Waals surface area contributed by atoms with Gasteiger partial charge < -0.3 is 10.6 Å². The van der Waals surface area contributed by atoms with Crippen LogP contribution < -0.4 is 5.73 Å². The number of amides is 1. The molecule has 4 nitrogen and oxygen atoms in total. The second-order valence-electron chi connectivity index (χ2n) is 3.51. The Kier molecular flexibility index (Phi) is 2.78. The summed E-state index contributed by atoms with van der Waals surface area (Å²) in [6.45, 7) is 2.60. The van der Waals surface area contributed by atoms with Gasteiger partial charge in [0.15, 0.2) is 0 Å². The van der Waals surface area contributed by atoms with E-state index in [0.717, 1.165) is 10.2 Å². The monoisotopic (exact) mass is 235 g/mol. The van der Waals surface area contributed by atoms with Crippen molar-refractivity contribution in [3.8, 4) is 0 Å². The second-order valence-corrected chi connectivity index (χ2v) is 4.57. The molecule has 2 aromatic heterocycles. The molecule has 0 fully saturated rings. The van der Waals surface area contributed by atoms with Crippen LogP contribution in [0.1, 0.15) is 16.6 Å². The summed E-state index contributed by atoms with van der Waals surface area (Å²) < 4.78 is 0.952. The third-order valence-corrected chi connectivity index (χ3v) is 3.65. The smallest absolute Gasteiger partial charge is 0.265 e. The number of nitrogens with two attached hydrogens (primary N) is 1. The van der Waals surface area contributed by atoms with Crippen LogP contribution in [0.5, 0.6) is 0 Å². The van der Waals surface area contributed by atoms with Crippen LogP contribution in [0.3, 0.4) is 0 Å². The number of carbonyl (C=O) groups is 1. The first kappa shape index (κ1) is 10.9. The molecule has 0 saturated heterocycles. The van der Waals surface area contributed by atoms with Crippen LogP contribution in [0.2, 0.25) is 0 Å². The number of hydrogen-bond donors (Lipinski definition) is 1. The van der Waals surface area contributed by atoms with Gasteiger partial charge in [0, 0.05) is 19.8 Å². The molecule has 84 valence electrons. The standard InChI is InChI=1S/C11H13N3OS/c1-3-14(2)11(15)10-8(12)9-7(16-10)5-4-6-13-9/h4-6H,3,12H2,1-2H3. The number of aromatic nitrogens is 1. The predicted octanol–water partition coefficient (Wildman–Crippen LogP) is 1.97. The van der Waals surface area contributed by atoms with Gasteiger partial charge in [-0.3, -0.25) is 9.78 Å². The summed E-state index contributed by atoms with van der Waals surface area (Å²) in [7, 11) is 1.76. The van der Waals surface area contributed by atoms with Gasteiger partial charge >= 0.3 is 0 Å². The third-order valence-electron chi connectivity index (χ3n) is 2.50. The van der Waals surface area contributed by atoms with Crippen LogP contribution in [0.25, 0.3) is 10.2 Å². The molecule has 2 N–H and O–H groups in total. The van der Waals surface area contributed by atoms with E-state index in [-0.39, 0.29) is 5.91 Å². The molecule has 2 heterocycles. The molecule has 0 aromatic carbocycles. The highest BCUT2D eigenvalue weighted by Gasteiger charge is 2.19. The van der Waals surface area contributed by atoms with Gasteiger partial charge in [-0.05, 0) is 19.1 Å². The van der Waals surface area contributed by atoms with Gasteiger partial charge in [0.25, 0.3) is 5.91 Å².